The van der Waals surface area contributed by atoms with Gasteiger partial charge in [0, 0.05) is 21.2 Å². The first-order valence-electron chi connectivity index (χ1n) is 5.54. The maximum absolute atomic E-state index is 5.93. The number of hydrogen-bond donors (Lipinski definition) is 1. The summed E-state index contributed by atoms with van der Waals surface area (Å²) in [6.07, 6.45) is 0. The Kier molecular flexibility index (Phi) is 4.43. The molecule has 0 amide bonds. The second-order valence-electron chi connectivity index (χ2n) is 3.96. The lowest BCUT2D eigenvalue weighted by atomic mass is 10.2. The molecule has 17 heavy (non-hydrogen) atoms. The quantitative estimate of drug-likeness (QED) is 0.875. The fourth-order valence-electron chi connectivity index (χ4n) is 1.73. The van der Waals surface area contributed by atoms with Crippen LogP contribution < -0.4 is 5.32 Å². The third-order valence-electron chi connectivity index (χ3n) is 2.54. The molecule has 0 aliphatic heterocycles. The minimum atomic E-state index is 0.790. The average molecular weight is 267 g/mol. The zero-order valence-corrected chi connectivity index (χ0v) is 10.9. The van der Waals surface area contributed by atoms with Crippen molar-refractivity contribution in [1.29, 1.82) is 0 Å². The molecule has 0 unspecified atom stereocenters. The number of benzene rings is 2. The number of halogens is 2. The summed E-state index contributed by atoms with van der Waals surface area (Å²) in [5.74, 6) is 0. The van der Waals surface area contributed by atoms with Crippen molar-refractivity contribution < 1.29 is 5.32 Å². The third-order valence-corrected chi connectivity index (χ3v) is 3.01. The molecular weight excluding hydrogens is 253 g/mol. The van der Waals surface area contributed by atoms with Crippen LogP contribution in [-0.4, -0.2) is 0 Å². The van der Waals surface area contributed by atoms with Crippen LogP contribution in [0.3, 0.4) is 0 Å². The van der Waals surface area contributed by atoms with E-state index in [0.29, 0.717) is 0 Å². The summed E-state index contributed by atoms with van der Waals surface area (Å²) in [7, 11) is 0. The van der Waals surface area contributed by atoms with Gasteiger partial charge in [0.05, 0.1) is 0 Å². The topological polar surface area (TPSA) is 16.6 Å². The van der Waals surface area contributed by atoms with Gasteiger partial charge in [-0.15, -0.1) is 0 Å². The van der Waals surface area contributed by atoms with Crippen LogP contribution in [-0.2, 0) is 13.1 Å². The fraction of sp³-hybridized carbons (Fsp3) is 0.143. The molecule has 3 heteroatoms. The summed E-state index contributed by atoms with van der Waals surface area (Å²) in [5, 5.41) is 3.81. The van der Waals surface area contributed by atoms with Crippen molar-refractivity contribution in [3.63, 3.8) is 0 Å². The van der Waals surface area contributed by atoms with E-state index in [2.05, 4.69) is 17.4 Å². The molecule has 0 bridgehead atoms. The molecule has 2 rings (SSSR count). The van der Waals surface area contributed by atoms with E-state index in [9.17, 15) is 0 Å². The Balaban J connectivity index is 1.87. The molecule has 2 aromatic rings. The highest BCUT2D eigenvalue weighted by Crippen LogP contribution is 2.10. The first-order chi connectivity index (χ1) is 8.24. The number of hydrogen-bond acceptors (Lipinski definition) is 0. The SMILES string of the molecule is Clc1cccc(C[NH2+]Cc2cccc(Cl)c2)c1. The lowest BCUT2D eigenvalue weighted by Gasteiger charge is -2.03. The number of quaternary nitrogens is 1. The standard InChI is InChI=1S/C14H13Cl2N/c15-13-5-1-3-11(7-13)9-17-10-12-4-2-6-14(16)8-12/h1-8,17H,9-10H2/p+1. The monoisotopic (exact) mass is 266 g/mol. The molecule has 0 saturated heterocycles. The summed E-state index contributed by atoms with van der Waals surface area (Å²) >= 11 is 11.9. The Morgan fingerprint density at radius 1 is 0.765 bits per heavy atom. The maximum atomic E-state index is 5.93. The molecule has 2 aromatic carbocycles. The van der Waals surface area contributed by atoms with Gasteiger partial charge in [-0.1, -0.05) is 47.5 Å². The summed E-state index contributed by atoms with van der Waals surface area (Å²) in [5.41, 5.74) is 2.47. The van der Waals surface area contributed by atoms with Crippen molar-refractivity contribution in [2.24, 2.45) is 0 Å². The van der Waals surface area contributed by atoms with Crippen LogP contribution >= 0.6 is 23.2 Å². The molecule has 0 fully saturated rings. The van der Waals surface area contributed by atoms with Crippen LogP contribution in [0.4, 0.5) is 0 Å². The van der Waals surface area contributed by atoms with Crippen molar-refractivity contribution >= 4 is 23.2 Å². The molecule has 0 aliphatic carbocycles. The molecule has 0 radical (unpaired) electrons. The van der Waals surface area contributed by atoms with Gasteiger partial charge in [0.25, 0.3) is 0 Å². The van der Waals surface area contributed by atoms with Crippen molar-refractivity contribution in [3.8, 4) is 0 Å². The van der Waals surface area contributed by atoms with E-state index in [1.807, 2.05) is 36.4 Å². The van der Waals surface area contributed by atoms with Gasteiger partial charge < -0.3 is 5.32 Å². The predicted molar refractivity (Wildman–Crippen MR) is 72.2 cm³/mol. The van der Waals surface area contributed by atoms with Crippen LogP contribution in [0.2, 0.25) is 10.0 Å². The highest BCUT2D eigenvalue weighted by Gasteiger charge is 1.99. The molecule has 88 valence electrons. The Morgan fingerprint density at radius 3 is 1.65 bits per heavy atom. The van der Waals surface area contributed by atoms with Gasteiger partial charge in [0.1, 0.15) is 13.1 Å². The average Bonchev–Trinajstić information content (AvgIpc) is 2.29. The van der Waals surface area contributed by atoms with E-state index in [0.717, 1.165) is 23.1 Å². The summed E-state index contributed by atoms with van der Waals surface area (Å²) < 4.78 is 0. The van der Waals surface area contributed by atoms with E-state index in [-0.39, 0.29) is 0 Å². The van der Waals surface area contributed by atoms with Gasteiger partial charge in [-0.25, -0.2) is 0 Å². The third kappa shape index (κ3) is 4.04. The van der Waals surface area contributed by atoms with Gasteiger partial charge in [-0.3, -0.25) is 0 Å². The zero-order valence-electron chi connectivity index (χ0n) is 9.37. The maximum Gasteiger partial charge on any atom is 0.102 e. The molecule has 1 nitrogen and oxygen atoms in total. The summed E-state index contributed by atoms with van der Waals surface area (Å²) in [6, 6.07) is 15.9. The molecular formula is C14H14Cl2N+. The minimum Gasteiger partial charge on any atom is -0.339 e. The molecule has 0 aromatic heterocycles. The molecule has 2 N–H and O–H groups in total. The van der Waals surface area contributed by atoms with Gasteiger partial charge in [-0.05, 0) is 24.3 Å². The van der Waals surface area contributed by atoms with Crippen molar-refractivity contribution in [1.82, 2.24) is 0 Å². The smallest absolute Gasteiger partial charge is 0.102 e. The van der Waals surface area contributed by atoms with E-state index < -0.39 is 0 Å². The van der Waals surface area contributed by atoms with Crippen LogP contribution in [0.25, 0.3) is 0 Å². The second kappa shape index (κ2) is 6.06. The van der Waals surface area contributed by atoms with Gasteiger partial charge in [-0.2, -0.15) is 0 Å². The lowest BCUT2D eigenvalue weighted by molar-refractivity contribution is -0.686. The first kappa shape index (κ1) is 12.4. The van der Waals surface area contributed by atoms with Crippen molar-refractivity contribution in [2.75, 3.05) is 0 Å². The minimum absolute atomic E-state index is 0.790. The van der Waals surface area contributed by atoms with Crippen molar-refractivity contribution in [2.45, 2.75) is 13.1 Å². The summed E-state index contributed by atoms with van der Waals surface area (Å²) in [4.78, 5) is 0. The van der Waals surface area contributed by atoms with E-state index in [4.69, 9.17) is 23.2 Å². The normalized spacial score (nSPS) is 10.5. The first-order valence-corrected chi connectivity index (χ1v) is 6.30. The van der Waals surface area contributed by atoms with E-state index >= 15 is 0 Å². The summed E-state index contributed by atoms with van der Waals surface area (Å²) in [6.45, 7) is 1.85. The number of rotatable bonds is 4. The van der Waals surface area contributed by atoms with Crippen LogP contribution in [0.15, 0.2) is 48.5 Å². The van der Waals surface area contributed by atoms with Gasteiger partial charge >= 0.3 is 0 Å². The second-order valence-corrected chi connectivity index (χ2v) is 4.83. The predicted octanol–water partition coefficient (Wildman–Crippen LogP) is 3.26. The molecule has 0 heterocycles. The Labute approximate surface area is 111 Å². The molecule has 0 saturated carbocycles. The Hall–Kier alpha value is -1.02. The Bertz CT molecular complexity index is 452. The molecule has 0 aliphatic rings. The molecule has 0 spiro atoms. The van der Waals surface area contributed by atoms with Crippen LogP contribution in [0, 0.1) is 0 Å². The van der Waals surface area contributed by atoms with Crippen LogP contribution in [0.1, 0.15) is 11.1 Å². The largest absolute Gasteiger partial charge is 0.339 e. The van der Waals surface area contributed by atoms with E-state index in [1.54, 1.807) is 0 Å². The van der Waals surface area contributed by atoms with Crippen LogP contribution in [0.5, 0.6) is 0 Å². The van der Waals surface area contributed by atoms with Crippen molar-refractivity contribution in [3.05, 3.63) is 69.7 Å². The fourth-order valence-corrected chi connectivity index (χ4v) is 2.16. The zero-order chi connectivity index (χ0) is 12.1. The Morgan fingerprint density at radius 2 is 1.24 bits per heavy atom. The van der Waals surface area contributed by atoms with E-state index in [1.165, 1.54) is 11.1 Å². The van der Waals surface area contributed by atoms with Gasteiger partial charge in [0.15, 0.2) is 0 Å². The highest BCUT2D eigenvalue weighted by atomic mass is 35.5. The van der Waals surface area contributed by atoms with Gasteiger partial charge in [0.2, 0.25) is 0 Å². The number of nitrogens with two attached hydrogens (primary N) is 1. The molecule has 0 atom stereocenters. The lowest BCUT2D eigenvalue weighted by Crippen LogP contribution is -2.80. The highest BCUT2D eigenvalue weighted by molar-refractivity contribution is 6.30.